The van der Waals surface area contributed by atoms with Gasteiger partial charge in [0.15, 0.2) is 5.11 Å². The molecule has 1 aromatic rings. The molecule has 0 saturated heterocycles. The molecule has 0 saturated carbocycles. The van der Waals surface area contributed by atoms with Gasteiger partial charge in [-0.05, 0) is 48.8 Å². The lowest BCUT2D eigenvalue weighted by molar-refractivity contribution is 0.625. The molecule has 0 heterocycles. The molecule has 76 valence electrons. The van der Waals surface area contributed by atoms with Gasteiger partial charge < -0.3 is 11.1 Å². The topological polar surface area (TPSA) is 38.0 Å². The van der Waals surface area contributed by atoms with Crippen molar-refractivity contribution in [1.29, 1.82) is 0 Å². The van der Waals surface area contributed by atoms with E-state index >= 15 is 0 Å². The molecular weight excluding hydrogens is 199 g/mol. The molecule has 0 aromatic heterocycles. The second kappa shape index (κ2) is 4.91. The first kappa shape index (κ1) is 10.9. The Labute approximate surface area is 88.3 Å². The molecule has 14 heavy (non-hydrogen) atoms. The number of halogens is 1. The third-order valence-corrected chi connectivity index (χ3v) is 2.14. The summed E-state index contributed by atoms with van der Waals surface area (Å²) in [6.45, 7) is 2.57. The molecule has 0 aliphatic heterocycles. The molecule has 0 atom stereocenters. The second-order valence-electron chi connectivity index (χ2n) is 3.11. The van der Waals surface area contributed by atoms with Gasteiger partial charge in [0, 0.05) is 6.54 Å². The van der Waals surface area contributed by atoms with Gasteiger partial charge in [-0.2, -0.15) is 0 Å². The summed E-state index contributed by atoms with van der Waals surface area (Å²) in [6, 6.07) is 4.77. The summed E-state index contributed by atoms with van der Waals surface area (Å²) < 4.78 is 12.7. The maximum absolute atomic E-state index is 12.7. The van der Waals surface area contributed by atoms with E-state index in [1.807, 2.05) is 6.92 Å². The lowest BCUT2D eigenvalue weighted by atomic mass is 10.1. The van der Waals surface area contributed by atoms with E-state index in [0.29, 0.717) is 11.7 Å². The number of nitrogens with one attached hydrogen (secondary N) is 1. The van der Waals surface area contributed by atoms with E-state index in [-0.39, 0.29) is 5.82 Å². The van der Waals surface area contributed by atoms with E-state index in [0.717, 1.165) is 17.5 Å². The van der Waals surface area contributed by atoms with Crippen molar-refractivity contribution in [3.8, 4) is 0 Å². The van der Waals surface area contributed by atoms with Crippen LogP contribution in [0.2, 0.25) is 0 Å². The Bertz CT molecular complexity index is 339. The van der Waals surface area contributed by atoms with Crippen LogP contribution >= 0.6 is 12.2 Å². The van der Waals surface area contributed by atoms with Gasteiger partial charge in [-0.3, -0.25) is 0 Å². The third kappa shape index (κ3) is 3.30. The van der Waals surface area contributed by atoms with E-state index in [1.165, 1.54) is 12.1 Å². The van der Waals surface area contributed by atoms with Crippen molar-refractivity contribution in [2.24, 2.45) is 5.73 Å². The molecule has 1 rings (SSSR count). The quantitative estimate of drug-likeness (QED) is 0.746. The Kier molecular flexibility index (Phi) is 3.83. The van der Waals surface area contributed by atoms with Gasteiger partial charge in [0.25, 0.3) is 0 Å². The molecule has 0 radical (unpaired) electrons. The van der Waals surface area contributed by atoms with E-state index in [4.69, 9.17) is 5.73 Å². The zero-order valence-corrected chi connectivity index (χ0v) is 8.83. The van der Waals surface area contributed by atoms with E-state index in [9.17, 15) is 4.39 Å². The molecule has 2 nitrogen and oxygen atoms in total. The maximum atomic E-state index is 12.7. The summed E-state index contributed by atoms with van der Waals surface area (Å²) in [5.74, 6) is -0.200. The number of benzene rings is 1. The molecule has 0 unspecified atom stereocenters. The highest BCUT2D eigenvalue weighted by Gasteiger charge is 1.99. The lowest BCUT2D eigenvalue weighted by Gasteiger charge is -2.06. The van der Waals surface area contributed by atoms with Crippen molar-refractivity contribution in [1.82, 2.24) is 5.32 Å². The minimum atomic E-state index is -0.200. The van der Waals surface area contributed by atoms with Crippen LogP contribution in [0.3, 0.4) is 0 Å². The van der Waals surface area contributed by atoms with Gasteiger partial charge in [0.2, 0.25) is 0 Å². The van der Waals surface area contributed by atoms with Crippen molar-refractivity contribution < 1.29 is 4.39 Å². The summed E-state index contributed by atoms with van der Waals surface area (Å²) in [5, 5.41) is 3.15. The van der Waals surface area contributed by atoms with Crippen molar-refractivity contribution in [3.05, 3.63) is 35.1 Å². The van der Waals surface area contributed by atoms with Crippen LogP contribution in [-0.2, 0) is 6.42 Å². The SMILES string of the molecule is Cc1cc(F)ccc1CCNC(N)=S. The molecule has 0 aliphatic carbocycles. The second-order valence-corrected chi connectivity index (χ2v) is 3.55. The first-order valence-corrected chi connectivity index (χ1v) is 4.79. The fraction of sp³-hybridized carbons (Fsp3) is 0.300. The van der Waals surface area contributed by atoms with Crippen molar-refractivity contribution in [2.75, 3.05) is 6.54 Å². The van der Waals surface area contributed by atoms with Crippen LogP contribution in [0.5, 0.6) is 0 Å². The zero-order chi connectivity index (χ0) is 10.6. The number of hydrogen-bond acceptors (Lipinski definition) is 1. The van der Waals surface area contributed by atoms with Crippen LogP contribution in [0.25, 0.3) is 0 Å². The summed E-state index contributed by atoms with van der Waals surface area (Å²) in [7, 11) is 0. The summed E-state index contributed by atoms with van der Waals surface area (Å²) in [4.78, 5) is 0. The van der Waals surface area contributed by atoms with Crippen LogP contribution in [0.15, 0.2) is 18.2 Å². The Morgan fingerprint density at radius 1 is 1.57 bits per heavy atom. The predicted molar refractivity (Wildman–Crippen MR) is 59.6 cm³/mol. The summed E-state index contributed by atoms with van der Waals surface area (Å²) in [6.07, 6.45) is 0.795. The third-order valence-electron chi connectivity index (χ3n) is 2.00. The predicted octanol–water partition coefficient (Wildman–Crippen LogP) is 1.51. The molecule has 0 amide bonds. The largest absolute Gasteiger partial charge is 0.376 e. The van der Waals surface area contributed by atoms with Gasteiger partial charge >= 0.3 is 0 Å². The van der Waals surface area contributed by atoms with Gasteiger partial charge in [-0.15, -0.1) is 0 Å². The van der Waals surface area contributed by atoms with Crippen LogP contribution in [-0.4, -0.2) is 11.7 Å². The van der Waals surface area contributed by atoms with Crippen LogP contribution in [0.4, 0.5) is 4.39 Å². The normalized spacial score (nSPS) is 9.86. The fourth-order valence-corrected chi connectivity index (χ4v) is 1.36. The van der Waals surface area contributed by atoms with Gasteiger partial charge in [-0.1, -0.05) is 6.07 Å². The molecule has 1 aromatic carbocycles. The summed E-state index contributed by atoms with van der Waals surface area (Å²) >= 11 is 4.67. The van der Waals surface area contributed by atoms with Crippen molar-refractivity contribution in [3.63, 3.8) is 0 Å². The average molecular weight is 212 g/mol. The molecule has 0 spiro atoms. The highest BCUT2D eigenvalue weighted by atomic mass is 32.1. The number of rotatable bonds is 3. The van der Waals surface area contributed by atoms with Gasteiger partial charge in [0.1, 0.15) is 5.82 Å². The van der Waals surface area contributed by atoms with Crippen molar-refractivity contribution >= 4 is 17.3 Å². The minimum Gasteiger partial charge on any atom is -0.376 e. The van der Waals surface area contributed by atoms with Crippen LogP contribution in [0, 0.1) is 12.7 Å². The standard InChI is InChI=1S/C10H13FN2S/c1-7-6-9(11)3-2-8(7)4-5-13-10(12)14/h2-3,6H,4-5H2,1H3,(H3,12,13,14). The Balaban J connectivity index is 2.55. The van der Waals surface area contributed by atoms with E-state index < -0.39 is 0 Å². The number of hydrogen-bond donors (Lipinski definition) is 2. The highest BCUT2D eigenvalue weighted by Crippen LogP contribution is 2.10. The smallest absolute Gasteiger partial charge is 0.163 e. The van der Waals surface area contributed by atoms with Gasteiger partial charge in [0.05, 0.1) is 0 Å². The molecule has 0 fully saturated rings. The summed E-state index contributed by atoms with van der Waals surface area (Å²) in [5.41, 5.74) is 7.34. The Hall–Kier alpha value is -1.16. The molecule has 0 bridgehead atoms. The van der Waals surface area contributed by atoms with Crippen LogP contribution in [0.1, 0.15) is 11.1 Å². The Morgan fingerprint density at radius 2 is 2.29 bits per heavy atom. The first-order chi connectivity index (χ1) is 6.59. The highest BCUT2D eigenvalue weighted by molar-refractivity contribution is 7.80. The van der Waals surface area contributed by atoms with Crippen LogP contribution < -0.4 is 11.1 Å². The minimum absolute atomic E-state index is 0.200. The average Bonchev–Trinajstić information content (AvgIpc) is 2.08. The van der Waals surface area contributed by atoms with E-state index in [1.54, 1.807) is 6.07 Å². The fourth-order valence-electron chi connectivity index (χ4n) is 1.26. The zero-order valence-electron chi connectivity index (χ0n) is 8.01. The monoisotopic (exact) mass is 212 g/mol. The van der Waals surface area contributed by atoms with Gasteiger partial charge in [-0.25, -0.2) is 4.39 Å². The Morgan fingerprint density at radius 3 is 2.86 bits per heavy atom. The molecule has 3 N–H and O–H groups in total. The molecular formula is C10H13FN2S. The first-order valence-electron chi connectivity index (χ1n) is 4.38. The molecule has 0 aliphatic rings. The number of nitrogens with two attached hydrogens (primary N) is 1. The maximum Gasteiger partial charge on any atom is 0.163 e. The number of thiocarbonyl (C=S) groups is 1. The van der Waals surface area contributed by atoms with E-state index in [2.05, 4.69) is 17.5 Å². The van der Waals surface area contributed by atoms with Crippen molar-refractivity contribution in [2.45, 2.75) is 13.3 Å². The number of aryl methyl sites for hydroxylation is 1. The molecule has 4 heteroatoms. The lowest BCUT2D eigenvalue weighted by Crippen LogP contribution is -2.30.